The SMILES string of the molecule is N.[F][Sb]([F])[F]. The summed E-state index contributed by atoms with van der Waals surface area (Å²) in [5.74, 6) is 0. The summed E-state index contributed by atoms with van der Waals surface area (Å²) >= 11 is -4.95. The molecule has 5 heteroatoms. The minimum atomic E-state index is -4.95. The van der Waals surface area contributed by atoms with Gasteiger partial charge in [0.05, 0.1) is 0 Å². The van der Waals surface area contributed by atoms with Crippen molar-refractivity contribution >= 4 is 22.0 Å². The second kappa shape index (κ2) is 4.57. The molecule has 1 nitrogen and oxygen atoms in total. The summed E-state index contributed by atoms with van der Waals surface area (Å²) in [6.07, 6.45) is 0. The Morgan fingerprint density at radius 3 is 1.00 bits per heavy atom. The average molecular weight is 196 g/mol. The second-order valence-corrected chi connectivity index (χ2v) is 1.29. The Morgan fingerprint density at radius 1 is 1.00 bits per heavy atom. The summed E-state index contributed by atoms with van der Waals surface area (Å²) in [5.41, 5.74) is 0. The first kappa shape index (κ1) is 9.13. The molecule has 0 aromatic heterocycles. The molecule has 0 radical (unpaired) electrons. The predicted octanol–water partition coefficient (Wildman–Crippen LogP) is 1.04. The van der Waals surface area contributed by atoms with Crippen molar-refractivity contribution in [1.29, 1.82) is 0 Å². The predicted molar refractivity (Wildman–Crippen MR) is 14.1 cm³/mol. The van der Waals surface area contributed by atoms with E-state index in [9.17, 15) is 8.44 Å². The molecule has 5 heavy (non-hydrogen) atoms. The molecule has 0 amide bonds. The molecule has 0 aromatic carbocycles. The Hall–Kier alpha value is 0.568. The van der Waals surface area contributed by atoms with E-state index in [2.05, 4.69) is 0 Å². The number of hydrogen-bond donors (Lipinski definition) is 1. The van der Waals surface area contributed by atoms with Crippen molar-refractivity contribution in [2.45, 2.75) is 0 Å². The van der Waals surface area contributed by atoms with Gasteiger partial charge in [0.15, 0.2) is 0 Å². The van der Waals surface area contributed by atoms with E-state index in [1.165, 1.54) is 0 Å². The van der Waals surface area contributed by atoms with Gasteiger partial charge in [-0.2, -0.15) is 0 Å². The molecule has 0 aliphatic heterocycles. The van der Waals surface area contributed by atoms with Crippen LogP contribution in [0, 0.1) is 0 Å². The van der Waals surface area contributed by atoms with Crippen LogP contribution in [0.2, 0.25) is 0 Å². The molecule has 3 N–H and O–H groups in total. The molecule has 0 aliphatic carbocycles. The van der Waals surface area contributed by atoms with Crippen molar-refractivity contribution in [3.05, 3.63) is 0 Å². The van der Waals surface area contributed by atoms with Gasteiger partial charge in [-0.25, -0.2) is 0 Å². The van der Waals surface area contributed by atoms with Crippen LogP contribution in [0.3, 0.4) is 0 Å². The van der Waals surface area contributed by atoms with Crippen molar-refractivity contribution in [2.75, 3.05) is 0 Å². The van der Waals surface area contributed by atoms with E-state index in [0.717, 1.165) is 0 Å². The van der Waals surface area contributed by atoms with Gasteiger partial charge in [0.25, 0.3) is 0 Å². The van der Waals surface area contributed by atoms with Gasteiger partial charge in [-0.05, 0) is 0 Å². The molecule has 0 atom stereocenters. The Balaban J connectivity index is 0. The first-order chi connectivity index (χ1) is 1.73. The molecule has 0 heterocycles. The normalized spacial score (nSPS) is 7.20. The third kappa shape index (κ3) is 93.3. The van der Waals surface area contributed by atoms with Gasteiger partial charge in [-0.3, -0.25) is 0 Å². The fraction of sp³-hybridized carbons (Fsp3) is 0. The quantitative estimate of drug-likeness (QED) is 0.577. The maximum absolute atomic E-state index is 9.85. The molecule has 0 fully saturated rings. The van der Waals surface area contributed by atoms with E-state index in [-0.39, 0.29) is 6.15 Å². The van der Waals surface area contributed by atoms with Crippen LogP contribution in [0.1, 0.15) is 0 Å². The van der Waals surface area contributed by atoms with Crippen LogP contribution in [0.25, 0.3) is 0 Å². The van der Waals surface area contributed by atoms with Gasteiger partial charge in [0, 0.05) is 0 Å². The molecular weight excluding hydrogens is 193 g/mol. The first-order valence-electron chi connectivity index (χ1n) is 0.507. The fourth-order valence-corrected chi connectivity index (χ4v) is 0. The van der Waals surface area contributed by atoms with Crippen LogP contribution in [-0.4, -0.2) is 22.0 Å². The average Bonchev–Trinajstić information content (AvgIpc) is 0.811. The fourth-order valence-electron chi connectivity index (χ4n) is 0. The van der Waals surface area contributed by atoms with Gasteiger partial charge < -0.3 is 6.15 Å². The van der Waals surface area contributed by atoms with E-state index in [4.69, 9.17) is 0 Å². The number of halogens is 3. The van der Waals surface area contributed by atoms with Crippen LogP contribution >= 0.6 is 0 Å². The van der Waals surface area contributed by atoms with Gasteiger partial charge in [-0.15, -0.1) is 0 Å². The van der Waals surface area contributed by atoms with Crippen molar-refractivity contribution in [2.24, 2.45) is 0 Å². The second-order valence-electron chi connectivity index (χ2n) is 0.192. The molecule has 0 spiro atoms. The molecule has 0 aromatic rings. The summed E-state index contributed by atoms with van der Waals surface area (Å²) in [6, 6.07) is 0. The van der Waals surface area contributed by atoms with Crippen LogP contribution in [0.5, 0.6) is 0 Å². The van der Waals surface area contributed by atoms with Crippen molar-refractivity contribution in [3.8, 4) is 0 Å². The molecule has 0 bridgehead atoms. The summed E-state index contributed by atoms with van der Waals surface area (Å²) in [6.45, 7) is 0. The Labute approximate surface area is 37.1 Å². The molecule has 0 aliphatic rings. The van der Waals surface area contributed by atoms with Gasteiger partial charge in [0.2, 0.25) is 0 Å². The first-order valence-corrected chi connectivity index (χ1v) is 3.40. The monoisotopic (exact) mass is 195 g/mol. The van der Waals surface area contributed by atoms with Gasteiger partial charge in [-0.1, -0.05) is 0 Å². The molecular formula is H3F3NSb. The molecule has 0 saturated carbocycles. The van der Waals surface area contributed by atoms with E-state index >= 15 is 0 Å². The van der Waals surface area contributed by atoms with E-state index in [1.54, 1.807) is 0 Å². The zero-order valence-corrected chi connectivity index (χ0v) is 4.84. The topological polar surface area (TPSA) is 35.0 Å². The third-order valence-corrected chi connectivity index (χ3v) is 0. The van der Waals surface area contributed by atoms with E-state index in [1.807, 2.05) is 0 Å². The zero-order chi connectivity index (χ0) is 3.58. The van der Waals surface area contributed by atoms with Crippen molar-refractivity contribution in [1.82, 2.24) is 6.15 Å². The number of hydrogen-bond acceptors (Lipinski definition) is 1. The molecule has 0 unspecified atom stereocenters. The van der Waals surface area contributed by atoms with Gasteiger partial charge >= 0.3 is 30.4 Å². The Morgan fingerprint density at radius 2 is 1.00 bits per heavy atom. The summed E-state index contributed by atoms with van der Waals surface area (Å²) in [4.78, 5) is 0. The Kier molecular flexibility index (Phi) is 8.34. The molecule has 0 rings (SSSR count). The van der Waals surface area contributed by atoms with E-state index < -0.39 is 22.0 Å². The third-order valence-electron chi connectivity index (χ3n) is 0. The van der Waals surface area contributed by atoms with Gasteiger partial charge in [0.1, 0.15) is 0 Å². The minimum absolute atomic E-state index is 0. The number of rotatable bonds is 0. The van der Waals surface area contributed by atoms with Crippen LogP contribution in [0.4, 0.5) is 8.44 Å². The standard InChI is InChI=1S/3FH.H3N.Sb/h3*1H;1H3;/q;;;;+3/p-3. The van der Waals surface area contributed by atoms with E-state index in [0.29, 0.717) is 0 Å². The zero-order valence-electron chi connectivity index (χ0n) is 2.29. The molecule has 0 saturated heterocycles. The summed E-state index contributed by atoms with van der Waals surface area (Å²) in [7, 11) is 0. The van der Waals surface area contributed by atoms with Crippen LogP contribution < -0.4 is 6.15 Å². The van der Waals surface area contributed by atoms with Crippen LogP contribution in [0.15, 0.2) is 0 Å². The maximum atomic E-state index is 9.85. The molecule has 34 valence electrons. The summed E-state index contributed by atoms with van der Waals surface area (Å²) in [5, 5.41) is 0. The van der Waals surface area contributed by atoms with Crippen molar-refractivity contribution < 1.29 is 8.44 Å². The Bertz CT molecular complexity index is 11.6. The van der Waals surface area contributed by atoms with Crippen LogP contribution in [-0.2, 0) is 0 Å². The summed E-state index contributed by atoms with van der Waals surface area (Å²) < 4.78 is 29.6. The van der Waals surface area contributed by atoms with Crippen molar-refractivity contribution in [3.63, 3.8) is 0 Å².